The zero-order valence-corrected chi connectivity index (χ0v) is 29.5. The van der Waals surface area contributed by atoms with Gasteiger partial charge in [-0.05, 0) is 79.9 Å². The average Bonchev–Trinajstić information content (AvgIpc) is 3.46. The first-order valence-electron chi connectivity index (χ1n) is 17.8. The van der Waals surface area contributed by atoms with Gasteiger partial charge in [0.25, 0.3) is 0 Å². The summed E-state index contributed by atoms with van der Waals surface area (Å²) in [5, 5.41) is 9.47. The standard InChI is InChI=1S/C49H34N4/c1-49(2)44-16-10-9-15-40(44)43-29-41(35-19-17-32(31-50)18-20-35)42(30-45(43)49)36-25-21-33(22-26-36)34-23-27-39(28-24-34)48-52-46(37-11-5-3-6-12-37)51-47(53-48)38-13-7-4-8-14-38/h3-30H,1-2H3. The lowest BCUT2D eigenvalue weighted by Crippen LogP contribution is -2.15. The minimum atomic E-state index is -0.117. The SMILES string of the molecule is CC1(C)c2ccccc2-c2cc(-c3ccc(C#N)cc3)c(-c3ccc(-c4ccc(-c5nc(-c6ccccc6)nc(-c6ccccc6)n5)cc4)cc3)cc21. The van der Waals surface area contributed by atoms with Crippen LogP contribution in [0.2, 0.25) is 0 Å². The summed E-state index contributed by atoms with van der Waals surface area (Å²) in [4.78, 5) is 14.6. The molecular formula is C49H34N4. The Hall–Kier alpha value is -6.96. The molecule has 4 nitrogen and oxygen atoms in total. The summed E-state index contributed by atoms with van der Waals surface area (Å²) in [5.41, 5.74) is 15.4. The molecule has 9 rings (SSSR count). The van der Waals surface area contributed by atoms with Crippen molar-refractivity contribution < 1.29 is 0 Å². The summed E-state index contributed by atoms with van der Waals surface area (Å²) in [7, 11) is 0. The van der Waals surface area contributed by atoms with Gasteiger partial charge in [-0.15, -0.1) is 0 Å². The molecule has 0 saturated carbocycles. The second-order valence-electron chi connectivity index (χ2n) is 14.0. The lowest BCUT2D eigenvalue weighted by Gasteiger charge is -2.23. The van der Waals surface area contributed by atoms with Crippen LogP contribution in [0.1, 0.15) is 30.5 Å². The smallest absolute Gasteiger partial charge is 0.164 e. The highest BCUT2D eigenvalue weighted by Gasteiger charge is 2.36. The maximum absolute atomic E-state index is 9.47. The van der Waals surface area contributed by atoms with Crippen LogP contribution in [-0.2, 0) is 5.41 Å². The Morgan fingerprint density at radius 2 is 0.792 bits per heavy atom. The molecule has 1 heterocycles. The fourth-order valence-electron chi connectivity index (χ4n) is 7.54. The van der Waals surface area contributed by atoms with Gasteiger partial charge in [-0.3, -0.25) is 0 Å². The molecule has 0 amide bonds. The van der Waals surface area contributed by atoms with Crippen LogP contribution < -0.4 is 0 Å². The molecule has 4 heteroatoms. The average molecular weight is 679 g/mol. The van der Waals surface area contributed by atoms with Crippen molar-refractivity contribution in [2.24, 2.45) is 0 Å². The van der Waals surface area contributed by atoms with E-state index in [1.807, 2.05) is 72.8 Å². The van der Waals surface area contributed by atoms with Gasteiger partial charge in [0, 0.05) is 22.1 Å². The van der Waals surface area contributed by atoms with Crippen molar-refractivity contribution in [3.8, 4) is 84.7 Å². The van der Waals surface area contributed by atoms with Crippen molar-refractivity contribution in [3.63, 3.8) is 0 Å². The van der Waals surface area contributed by atoms with E-state index in [-0.39, 0.29) is 5.41 Å². The Morgan fingerprint density at radius 1 is 0.377 bits per heavy atom. The molecule has 0 unspecified atom stereocenters. The Morgan fingerprint density at radius 3 is 1.32 bits per heavy atom. The van der Waals surface area contributed by atoms with E-state index >= 15 is 0 Å². The minimum Gasteiger partial charge on any atom is -0.208 e. The molecule has 0 saturated heterocycles. The highest BCUT2D eigenvalue weighted by molar-refractivity contribution is 5.93. The first kappa shape index (κ1) is 32.0. The largest absolute Gasteiger partial charge is 0.208 e. The first-order chi connectivity index (χ1) is 26.0. The van der Waals surface area contributed by atoms with Crippen LogP contribution in [0.5, 0.6) is 0 Å². The van der Waals surface area contributed by atoms with Gasteiger partial charge in [-0.1, -0.05) is 159 Å². The summed E-state index contributed by atoms with van der Waals surface area (Å²) < 4.78 is 0. The summed E-state index contributed by atoms with van der Waals surface area (Å²) in [6, 6.07) is 61.0. The van der Waals surface area contributed by atoms with E-state index in [1.54, 1.807) is 0 Å². The molecule has 8 aromatic rings. The highest BCUT2D eigenvalue weighted by atomic mass is 15.0. The lowest BCUT2D eigenvalue weighted by atomic mass is 9.80. The number of aromatic nitrogens is 3. The van der Waals surface area contributed by atoms with E-state index in [0.717, 1.165) is 44.5 Å². The number of nitrogens with zero attached hydrogens (tertiary/aromatic N) is 4. The Bertz CT molecular complexity index is 2600. The summed E-state index contributed by atoms with van der Waals surface area (Å²) in [6.07, 6.45) is 0. The van der Waals surface area contributed by atoms with Gasteiger partial charge < -0.3 is 0 Å². The van der Waals surface area contributed by atoms with Gasteiger partial charge in [0.05, 0.1) is 11.6 Å². The predicted molar refractivity (Wildman–Crippen MR) is 215 cm³/mol. The zero-order valence-electron chi connectivity index (χ0n) is 29.5. The van der Waals surface area contributed by atoms with Gasteiger partial charge in [-0.2, -0.15) is 5.26 Å². The maximum Gasteiger partial charge on any atom is 0.164 e. The number of hydrogen-bond acceptors (Lipinski definition) is 4. The molecule has 0 radical (unpaired) electrons. The number of hydrogen-bond donors (Lipinski definition) is 0. The molecule has 1 aliphatic carbocycles. The van der Waals surface area contributed by atoms with E-state index in [9.17, 15) is 5.26 Å². The van der Waals surface area contributed by atoms with Crippen LogP contribution in [0.3, 0.4) is 0 Å². The third-order valence-electron chi connectivity index (χ3n) is 10.4. The van der Waals surface area contributed by atoms with Gasteiger partial charge in [0.2, 0.25) is 0 Å². The van der Waals surface area contributed by atoms with Crippen molar-refractivity contribution >= 4 is 0 Å². The van der Waals surface area contributed by atoms with Crippen molar-refractivity contribution in [2.75, 3.05) is 0 Å². The molecule has 1 aliphatic rings. The zero-order chi connectivity index (χ0) is 35.9. The fourth-order valence-corrected chi connectivity index (χ4v) is 7.54. The Kier molecular flexibility index (Phi) is 7.83. The van der Waals surface area contributed by atoms with Gasteiger partial charge >= 0.3 is 0 Å². The van der Waals surface area contributed by atoms with E-state index in [0.29, 0.717) is 23.0 Å². The van der Waals surface area contributed by atoms with E-state index in [4.69, 9.17) is 15.0 Å². The molecule has 0 atom stereocenters. The van der Waals surface area contributed by atoms with Gasteiger partial charge in [0.1, 0.15) is 0 Å². The fraction of sp³-hybridized carbons (Fsp3) is 0.0612. The van der Waals surface area contributed by atoms with E-state index in [1.165, 1.54) is 27.8 Å². The second kappa shape index (κ2) is 13.0. The van der Waals surface area contributed by atoms with Crippen molar-refractivity contribution in [3.05, 3.63) is 187 Å². The summed E-state index contributed by atoms with van der Waals surface area (Å²) in [6.45, 7) is 4.63. The highest BCUT2D eigenvalue weighted by Crippen LogP contribution is 2.51. The molecule has 0 fully saturated rings. The van der Waals surface area contributed by atoms with Crippen LogP contribution in [0.15, 0.2) is 170 Å². The normalized spacial score (nSPS) is 12.5. The minimum absolute atomic E-state index is 0.117. The first-order valence-corrected chi connectivity index (χ1v) is 17.8. The quantitative estimate of drug-likeness (QED) is 0.176. The van der Waals surface area contributed by atoms with Crippen LogP contribution in [-0.4, -0.2) is 15.0 Å². The molecular weight excluding hydrogens is 645 g/mol. The molecule has 0 aliphatic heterocycles. The molecule has 7 aromatic carbocycles. The Balaban J connectivity index is 1.08. The number of benzene rings is 7. The summed E-state index contributed by atoms with van der Waals surface area (Å²) in [5.74, 6) is 1.93. The van der Waals surface area contributed by atoms with Crippen molar-refractivity contribution in [2.45, 2.75) is 19.3 Å². The molecule has 53 heavy (non-hydrogen) atoms. The maximum atomic E-state index is 9.47. The van der Waals surface area contributed by atoms with Crippen LogP contribution in [0.25, 0.3) is 78.7 Å². The van der Waals surface area contributed by atoms with Gasteiger partial charge in [-0.25, -0.2) is 15.0 Å². The third kappa shape index (κ3) is 5.79. The van der Waals surface area contributed by atoms with Crippen LogP contribution in [0, 0.1) is 11.3 Å². The molecule has 0 N–H and O–H groups in total. The predicted octanol–water partition coefficient (Wildman–Crippen LogP) is 12.1. The van der Waals surface area contributed by atoms with E-state index < -0.39 is 0 Å². The Labute approximate surface area is 309 Å². The topological polar surface area (TPSA) is 62.5 Å². The molecule has 1 aromatic heterocycles. The third-order valence-corrected chi connectivity index (χ3v) is 10.4. The number of rotatable bonds is 6. The van der Waals surface area contributed by atoms with Crippen LogP contribution >= 0.6 is 0 Å². The van der Waals surface area contributed by atoms with Crippen molar-refractivity contribution in [1.82, 2.24) is 15.0 Å². The molecule has 0 bridgehead atoms. The number of nitriles is 1. The number of fused-ring (bicyclic) bond motifs is 3. The second-order valence-corrected chi connectivity index (χ2v) is 14.0. The molecule has 250 valence electrons. The van der Waals surface area contributed by atoms with Crippen molar-refractivity contribution in [1.29, 1.82) is 5.26 Å². The van der Waals surface area contributed by atoms with Gasteiger partial charge in [0.15, 0.2) is 17.5 Å². The van der Waals surface area contributed by atoms with E-state index in [2.05, 4.69) is 117 Å². The molecule has 0 spiro atoms. The summed E-state index contributed by atoms with van der Waals surface area (Å²) >= 11 is 0. The monoisotopic (exact) mass is 678 g/mol. The lowest BCUT2D eigenvalue weighted by molar-refractivity contribution is 0.660. The van der Waals surface area contributed by atoms with Crippen LogP contribution in [0.4, 0.5) is 0 Å².